The summed E-state index contributed by atoms with van der Waals surface area (Å²) in [4.78, 5) is 5.14. The Kier molecular flexibility index (Phi) is 6.34. The summed E-state index contributed by atoms with van der Waals surface area (Å²) in [5.41, 5.74) is 2.58. The first-order valence-corrected chi connectivity index (χ1v) is 9.09. The van der Waals surface area contributed by atoms with Gasteiger partial charge in [-0.05, 0) is 43.4 Å². The quantitative estimate of drug-likeness (QED) is 0.774. The van der Waals surface area contributed by atoms with E-state index in [9.17, 15) is 0 Å². The van der Waals surface area contributed by atoms with Crippen molar-refractivity contribution in [2.75, 3.05) is 38.2 Å². The maximum Gasteiger partial charge on any atom is 0.124 e. The lowest BCUT2D eigenvalue weighted by atomic mass is 10.0. The van der Waals surface area contributed by atoms with Crippen molar-refractivity contribution < 1.29 is 4.74 Å². The molecule has 3 heteroatoms. The van der Waals surface area contributed by atoms with Crippen molar-refractivity contribution in [1.82, 2.24) is 4.90 Å². The summed E-state index contributed by atoms with van der Waals surface area (Å²) in [6.45, 7) is 16.0. The van der Waals surface area contributed by atoms with Crippen LogP contribution in [-0.2, 0) is 0 Å². The molecule has 0 radical (unpaired) electrons. The second-order valence-electron chi connectivity index (χ2n) is 7.59. The van der Waals surface area contributed by atoms with Crippen molar-refractivity contribution in [3.05, 3.63) is 23.8 Å². The fourth-order valence-electron chi connectivity index (χ4n) is 3.36. The molecule has 130 valence electrons. The van der Waals surface area contributed by atoms with Gasteiger partial charge in [-0.15, -0.1) is 0 Å². The van der Waals surface area contributed by atoms with E-state index in [-0.39, 0.29) is 0 Å². The van der Waals surface area contributed by atoms with Crippen molar-refractivity contribution >= 4 is 5.69 Å². The lowest BCUT2D eigenvalue weighted by molar-refractivity contribution is 0.180. The zero-order valence-electron chi connectivity index (χ0n) is 15.8. The number of rotatable bonds is 6. The van der Waals surface area contributed by atoms with Gasteiger partial charge in [0.25, 0.3) is 0 Å². The topological polar surface area (TPSA) is 15.7 Å². The second kappa shape index (κ2) is 8.05. The van der Waals surface area contributed by atoms with E-state index >= 15 is 0 Å². The van der Waals surface area contributed by atoms with E-state index in [1.54, 1.807) is 7.11 Å². The first-order chi connectivity index (χ1) is 10.9. The molecule has 1 aliphatic rings. The molecular formula is C20H34N2O. The van der Waals surface area contributed by atoms with E-state index in [1.807, 2.05) is 0 Å². The maximum atomic E-state index is 5.61. The van der Waals surface area contributed by atoms with Crippen LogP contribution in [0.1, 0.15) is 52.5 Å². The predicted molar refractivity (Wildman–Crippen MR) is 99.8 cm³/mol. The van der Waals surface area contributed by atoms with Crippen LogP contribution in [0.2, 0.25) is 0 Å². The van der Waals surface area contributed by atoms with Gasteiger partial charge in [-0.1, -0.05) is 33.8 Å². The maximum absolute atomic E-state index is 5.61. The van der Waals surface area contributed by atoms with E-state index in [0.29, 0.717) is 12.0 Å². The number of hydrogen-bond acceptors (Lipinski definition) is 3. The summed E-state index contributed by atoms with van der Waals surface area (Å²) in [5, 5.41) is 0. The molecule has 2 rings (SSSR count). The Morgan fingerprint density at radius 2 is 1.91 bits per heavy atom. The van der Waals surface area contributed by atoms with E-state index in [0.717, 1.165) is 31.3 Å². The van der Waals surface area contributed by atoms with Gasteiger partial charge >= 0.3 is 0 Å². The number of hydrogen-bond donors (Lipinski definition) is 0. The summed E-state index contributed by atoms with van der Waals surface area (Å²) < 4.78 is 5.61. The fourth-order valence-corrected chi connectivity index (χ4v) is 3.36. The highest BCUT2D eigenvalue weighted by Gasteiger charge is 2.24. The number of piperazine rings is 1. The minimum Gasteiger partial charge on any atom is -0.496 e. The Balaban J connectivity index is 2.04. The van der Waals surface area contributed by atoms with Crippen molar-refractivity contribution in [3.8, 4) is 5.75 Å². The lowest BCUT2D eigenvalue weighted by Crippen LogP contribution is -2.52. The highest BCUT2D eigenvalue weighted by Crippen LogP contribution is 2.31. The second-order valence-corrected chi connectivity index (χ2v) is 7.59. The van der Waals surface area contributed by atoms with Crippen LogP contribution >= 0.6 is 0 Å². The molecular weight excluding hydrogens is 284 g/mol. The van der Waals surface area contributed by atoms with Crippen LogP contribution in [-0.4, -0.2) is 44.2 Å². The summed E-state index contributed by atoms with van der Waals surface area (Å²) in [5.74, 6) is 2.30. The largest absolute Gasteiger partial charge is 0.496 e. The first-order valence-electron chi connectivity index (χ1n) is 9.09. The number of ether oxygens (including phenoxy) is 1. The molecule has 1 unspecified atom stereocenters. The lowest BCUT2D eigenvalue weighted by Gasteiger charge is -2.41. The minimum absolute atomic E-state index is 0.491. The standard InChI is InChI=1S/C20H34N2O/c1-15(2)9-10-21-11-12-22(14-17(21)5)18-7-8-19(16(3)4)20(13-18)23-6/h7-8,13,15-17H,9-12,14H2,1-6H3. The molecule has 1 heterocycles. The van der Waals surface area contributed by atoms with Crippen LogP contribution in [0.15, 0.2) is 18.2 Å². The predicted octanol–water partition coefficient (Wildman–Crippen LogP) is 4.38. The Morgan fingerprint density at radius 3 is 2.48 bits per heavy atom. The average Bonchev–Trinajstić information content (AvgIpc) is 2.52. The van der Waals surface area contributed by atoms with Crippen LogP contribution in [0.25, 0.3) is 0 Å². The van der Waals surface area contributed by atoms with Gasteiger partial charge in [-0.2, -0.15) is 0 Å². The van der Waals surface area contributed by atoms with Crippen molar-refractivity contribution in [3.63, 3.8) is 0 Å². The van der Waals surface area contributed by atoms with E-state index in [1.165, 1.54) is 24.2 Å². The van der Waals surface area contributed by atoms with Gasteiger partial charge in [0.1, 0.15) is 5.75 Å². The Morgan fingerprint density at radius 1 is 1.17 bits per heavy atom. The molecule has 1 fully saturated rings. The van der Waals surface area contributed by atoms with E-state index in [2.05, 4.69) is 62.6 Å². The number of anilines is 1. The highest BCUT2D eigenvalue weighted by molar-refractivity contribution is 5.55. The smallest absolute Gasteiger partial charge is 0.124 e. The van der Waals surface area contributed by atoms with E-state index < -0.39 is 0 Å². The summed E-state index contributed by atoms with van der Waals surface area (Å²) in [6.07, 6.45) is 1.29. The van der Waals surface area contributed by atoms with Gasteiger partial charge < -0.3 is 9.64 Å². The minimum atomic E-state index is 0.491. The van der Waals surface area contributed by atoms with Crippen LogP contribution in [0, 0.1) is 5.92 Å². The third kappa shape index (κ3) is 4.63. The van der Waals surface area contributed by atoms with Gasteiger partial charge in [0, 0.05) is 37.4 Å². The summed E-state index contributed by atoms with van der Waals surface area (Å²) in [7, 11) is 1.78. The monoisotopic (exact) mass is 318 g/mol. The van der Waals surface area contributed by atoms with Crippen molar-refractivity contribution in [1.29, 1.82) is 0 Å². The van der Waals surface area contributed by atoms with Crippen molar-refractivity contribution in [2.45, 2.75) is 53.0 Å². The van der Waals surface area contributed by atoms with E-state index in [4.69, 9.17) is 4.74 Å². The molecule has 0 spiro atoms. The van der Waals surface area contributed by atoms with Gasteiger partial charge in [0.2, 0.25) is 0 Å². The van der Waals surface area contributed by atoms with Crippen LogP contribution in [0.3, 0.4) is 0 Å². The molecule has 23 heavy (non-hydrogen) atoms. The molecule has 0 N–H and O–H groups in total. The van der Waals surface area contributed by atoms with Gasteiger partial charge in [0.05, 0.1) is 7.11 Å². The third-order valence-corrected chi connectivity index (χ3v) is 4.96. The molecule has 1 aliphatic heterocycles. The normalized spacial score (nSPS) is 19.7. The zero-order valence-corrected chi connectivity index (χ0v) is 15.8. The van der Waals surface area contributed by atoms with Crippen LogP contribution in [0.5, 0.6) is 5.75 Å². The number of methoxy groups -OCH3 is 1. The van der Waals surface area contributed by atoms with Gasteiger partial charge in [0.15, 0.2) is 0 Å². The third-order valence-electron chi connectivity index (χ3n) is 4.96. The molecule has 0 amide bonds. The first kappa shape index (κ1) is 18.1. The molecule has 0 aliphatic carbocycles. The molecule has 3 nitrogen and oxygen atoms in total. The Bertz CT molecular complexity index is 498. The molecule has 1 aromatic rings. The summed E-state index contributed by atoms with van der Waals surface area (Å²) >= 11 is 0. The van der Waals surface area contributed by atoms with Crippen LogP contribution in [0.4, 0.5) is 5.69 Å². The molecule has 1 aromatic carbocycles. The van der Waals surface area contributed by atoms with Gasteiger partial charge in [-0.25, -0.2) is 0 Å². The Hall–Kier alpha value is -1.22. The zero-order chi connectivity index (χ0) is 17.0. The van der Waals surface area contributed by atoms with Crippen LogP contribution < -0.4 is 9.64 Å². The fraction of sp³-hybridized carbons (Fsp3) is 0.700. The molecule has 0 bridgehead atoms. The molecule has 0 saturated carbocycles. The highest BCUT2D eigenvalue weighted by atomic mass is 16.5. The molecule has 1 saturated heterocycles. The SMILES string of the molecule is COc1cc(N2CCN(CCC(C)C)C(C)C2)ccc1C(C)C. The molecule has 1 atom stereocenters. The summed E-state index contributed by atoms with van der Waals surface area (Å²) in [6, 6.07) is 7.31. The van der Waals surface area contributed by atoms with Crippen molar-refractivity contribution in [2.24, 2.45) is 5.92 Å². The Labute approximate surface area is 142 Å². The number of benzene rings is 1. The van der Waals surface area contributed by atoms with Gasteiger partial charge in [-0.3, -0.25) is 4.90 Å². The number of nitrogens with zero attached hydrogens (tertiary/aromatic N) is 2. The average molecular weight is 319 g/mol. The molecule has 0 aromatic heterocycles.